The number of amides is 1. The quantitative estimate of drug-likeness (QED) is 0.698. The smallest absolute Gasteiger partial charge is 0.250 e. The zero-order chi connectivity index (χ0) is 18.5. The number of carbonyl (C=O) groups is 1. The van der Waals surface area contributed by atoms with Gasteiger partial charge in [-0.25, -0.2) is 4.98 Å². The number of anilines is 1. The topological polar surface area (TPSA) is 64.0 Å². The van der Waals surface area contributed by atoms with Gasteiger partial charge in [-0.05, 0) is 30.2 Å². The SMILES string of the molecule is Cc1ccc(Cc2cnc(NC(=O)CCn3ccccc3=O)s2)cc1Cl. The van der Waals surface area contributed by atoms with Crippen molar-refractivity contribution in [3.8, 4) is 0 Å². The van der Waals surface area contributed by atoms with E-state index >= 15 is 0 Å². The lowest BCUT2D eigenvalue weighted by Gasteiger charge is -2.04. The van der Waals surface area contributed by atoms with Crippen molar-refractivity contribution in [3.63, 3.8) is 0 Å². The van der Waals surface area contributed by atoms with E-state index in [9.17, 15) is 9.59 Å². The highest BCUT2D eigenvalue weighted by Crippen LogP contribution is 2.24. The zero-order valence-corrected chi connectivity index (χ0v) is 15.8. The molecule has 0 aliphatic rings. The second-order valence-electron chi connectivity index (χ2n) is 5.92. The summed E-state index contributed by atoms with van der Waals surface area (Å²) in [4.78, 5) is 29.0. The summed E-state index contributed by atoms with van der Waals surface area (Å²) in [6, 6.07) is 10.9. The molecule has 2 aromatic heterocycles. The predicted octanol–water partition coefficient (Wildman–Crippen LogP) is 3.89. The largest absolute Gasteiger partial charge is 0.315 e. The summed E-state index contributed by atoms with van der Waals surface area (Å²) in [6.07, 6.45) is 4.36. The molecule has 0 aliphatic carbocycles. The minimum absolute atomic E-state index is 0.117. The fourth-order valence-electron chi connectivity index (χ4n) is 2.44. The van der Waals surface area contributed by atoms with Gasteiger partial charge < -0.3 is 9.88 Å². The van der Waals surface area contributed by atoms with E-state index in [1.165, 1.54) is 22.0 Å². The minimum Gasteiger partial charge on any atom is -0.315 e. The maximum absolute atomic E-state index is 12.1. The van der Waals surface area contributed by atoms with Gasteiger partial charge in [0.05, 0.1) is 0 Å². The first-order valence-electron chi connectivity index (χ1n) is 8.16. The van der Waals surface area contributed by atoms with Crippen molar-refractivity contribution in [1.29, 1.82) is 0 Å². The van der Waals surface area contributed by atoms with Gasteiger partial charge in [-0.15, -0.1) is 11.3 Å². The fourth-order valence-corrected chi connectivity index (χ4v) is 3.51. The van der Waals surface area contributed by atoms with E-state index in [1.807, 2.05) is 25.1 Å². The Hall–Kier alpha value is -2.44. The average Bonchev–Trinajstić information content (AvgIpc) is 3.04. The highest BCUT2D eigenvalue weighted by atomic mass is 35.5. The lowest BCUT2D eigenvalue weighted by atomic mass is 10.1. The lowest BCUT2D eigenvalue weighted by Crippen LogP contribution is -2.21. The fraction of sp³-hybridized carbons (Fsp3) is 0.211. The molecule has 0 spiro atoms. The summed E-state index contributed by atoms with van der Waals surface area (Å²) >= 11 is 7.59. The van der Waals surface area contributed by atoms with Crippen molar-refractivity contribution < 1.29 is 4.79 Å². The molecule has 0 radical (unpaired) electrons. The molecule has 3 rings (SSSR count). The van der Waals surface area contributed by atoms with Crippen molar-refractivity contribution in [2.24, 2.45) is 0 Å². The zero-order valence-electron chi connectivity index (χ0n) is 14.2. The van der Waals surface area contributed by atoms with Crippen LogP contribution < -0.4 is 10.9 Å². The van der Waals surface area contributed by atoms with E-state index in [4.69, 9.17) is 11.6 Å². The van der Waals surface area contributed by atoms with Gasteiger partial charge in [-0.3, -0.25) is 9.59 Å². The van der Waals surface area contributed by atoms with Crippen LogP contribution in [0.25, 0.3) is 0 Å². The minimum atomic E-state index is -0.167. The third-order valence-electron chi connectivity index (χ3n) is 3.89. The molecule has 0 saturated carbocycles. The van der Waals surface area contributed by atoms with Crippen LogP contribution in [0.3, 0.4) is 0 Å². The van der Waals surface area contributed by atoms with E-state index in [2.05, 4.69) is 10.3 Å². The predicted molar refractivity (Wildman–Crippen MR) is 105 cm³/mol. The molecule has 134 valence electrons. The van der Waals surface area contributed by atoms with Crippen LogP contribution in [-0.2, 0) is 17.8 Å². The van der Waals surface area contributed by atoms with Gasteiger partial charge in [-0.2, -0.15) is 0 Å². The third kappa shape index (κ3) is 4.80. The number of thiazole rings is 1. The molecule has 7 heteroatoms. The van der Waals surface area contributed by atoms with Gasteiger partial charge in [0, 0.05) is 47.7 Å². The summed E-state index contributed by atoms with van der Waals surface area (Å²) in [6.45, 7) is 2.31. The van der Waals surface area contributed by atoms with Gasteiger partial charge in [0.15, 0.2) is 5.13 Å². The van der Waals surface area contributed by atoms with Gasteiger partial charge >= 0.3 is 0 Å². The van der Waals surface area contributed by atoms with Crippen LogP contribution in [0.4, 0.5) is 5.13 Å². The Labute approximate surface area is 160 Å². The maximum Gasteiger partial charge on any atom is 0.250 e. The number of hydrogen-bond acceptors (Lipinski definition) is 4. The Morgan fingerprint density at radius 3 is 2.92 bits per heavy atom. The van der Waals surface area contributed by atoms with Crippen LogP contribution >= 0.6 is 22.9 Å². The van der Waals surface area contributed by atoms with Crippen LogP contribution in [0.1, 0.15) is 22.4 Å². The molecule has 2 heterocycles. The van der Waals surface area contributed by atoms with Crippen molar-refractivity contribution in [1.82, 2.24) is 9.55 Å². The molecular formula is C19H18ClN3O2S. The van der Waals surface area contributed by atoms with Gasteiger partial charge in [0.25, 0.3) is 5.56 Å². The van der Waals surface area contributed by atoms with Crippen molar-refractivity contribution >= 4 is 34.0 Å². The van der Waals surface area contributed by atoms with Crippen molar-refractivity contribution in [3.05, 3.63) is 80.2 Å². The van der Waals surface area contributed by atoms with E-state index in [-0.39, 0.29) is 17.9 Å². The number of rotatable bonds is 6. The van der Waals surface area contributed by atoms with Crippen LogP contribution in [0.15, 0.2) is 53.6 Å². The van der Waals surface area contributed by atoms with Gasteiger partial charge in [0.1, 0.15) is 0 Å². The van der Waals surface area contributed by atoms with E-state index in [1.54, 1.807) is 24.5 Å². The molecule has 0 bridgehead atoms. The first-order chi connectivity index (χ1) is 12.5. The van der Waals surface area contributed by atoms with Gasteiger partial charge in [-0.1, -0.05) is 29.8 Å². The molecule has 26 heavy (non-hydrogen) atoms. The van der Waals surface area contributed by atoms with Crippen LogP contribution in [0.2, 0.25) is 5.02 Å². The number of nitrogens with zero attached hydrogens (tertiary/aromatic N) is 2. The summed E-state index contributed by atoms with van der Waals surface area (Å²) in [5, 5.41) is 4.09. The number of aromatic nitrogens is 2. The second-order valence-corrected chi connectivity index (χ2v) is 7.44. The molecule has 3 aromatic rings. The maximum atomic E-state index is 12.1. The monoisotopic (exact) mass is 387 g/mol. The molecule has 0 aliphatic heterocycles. The number of hydrogen-bond donors (Lipinski definition) is 1. The highest BCUT2D eigenvalue weighted by Gasteiger charge is 2.08. The first-order valence-corrected chi connectivity index (χ1v) is 9.36. The average molecular weight is 388 g/mol. The third-order valence-corrected chi connectivity index (χ3v) is 5.21. The molecule has 1 N–H and O–H groups in total. The number of pyridine rings is 1. The summed E-state index contributed by atoms with van der Waals surface area (Å²) in [5.41, 5.74) is 2.03. The van der Waals surface area contributed by atoms with Crippen molar-refractivity contribution in [2.75, 3.05) is 5.32 Å². The Morgan fingerprint density at radius 2 is 2.15 bits per heavy atom. The standard InChI is InChI=1S/C19H18ClN3O2S/c1-13-5-6-14(11-16(13)20)10-15-12-21-19(26-15)22-17(24)7-9-23-8-3-2-4-18(23)25/h2-6,8,11-12H,7,9-10H2,1H3,(H,21,22,24). The summed E-state index contributed by atoms with van der Waals surface area (Å²) in [5.74, 6) is -0.167. The number of aryl methyl sites for hydroxylation is 2. The molecule has 0 unspecified atom stereocenters. The summed E-state index contributed by atoms with van der Waals surface area (Å²) < 4.78 is 1.51. The number of carbonyl (C=O) groups excluding carboxylic acids is 1. The number of nitrogens with one attached hydrogen (secondary N) is 1. The van der Waals surface area contributed by atoms with Gasteiger partial charge in [0.2, 0.25) is 5.91 Å². The summed E-state index contributed by atoms with van der Waals surface area (Å²) in [7, 11) is 0. The molecular weight excluding hydrogens is 370 g/mol. The molecule has 1 amide bonds. The Bertz CT molecular complexity index is 981. The van der Waals surface area contributed by atoms with Crippen LogP contribution in [-0.4, -0.2) is 15.5 Å². The normalized spacial score (nSPS) is 10.7. The highest BCUT2D eigenvalue weighted by molar-refractivity contribution is 7.15. The number of benzene rings is 1. The molecule has 0 fully saturated rings. The molecule has 1 aromatic carbocycles. The first kappa shape index (κ1) is 18.4. The second kappa shape index (κ2) is 8.29. The lowest BCUT2D eigenvalue weighted by molar-refractivity contribution is -0.116. The molecule has 0 saturated heterocycles. The Balaban J connectivity index is 1.56. The van der Waals surface area contributed by atoms with E-state index < -0.39 is 0 Å². The van der Waals surface area contributed by atoms with Crippen LogP contribution in [0.5, 0.6) is 0 Å². The van der Waals surface area contributed by atoms with E-state index in [0.717, 1.165) is 21.0 Å². The molecule has 5 nitrogen and oxygen atoms in total. The Morgan fingerprint density at radius 1 is 1.31 bits per heavy atom. The van der Waals surface area contributed by atoms with Crippen LogP contribution in [0, 0.1) is 6.92 Å². The Kier molecular flexibility index (Phi) is 5.85. The van der Waals surface area contributed by atoms with Crippen molar-refractivity contribution in [2.45, 2.75) is 26.3 Å². The number of halogens is 1. The van der Waals surface area contributed by atoms with E-state index in [0.29, 0.717) is 18.1 Å². The molecule has 0 atom stereocenters.